The van der Waals surface area contributed by atoms with Crippen LogP contribution in [0, 0.1) is 0 Å². The zero-order valence-corrected chi connectivity index (χ0v) is 18.4. The van der Waals surface area contributed by atoms with Crippen LogP contribution in [0.25, 0.3) is 0 Å². The predicted octanol–water partition coefficient (Wildman–Crippen LogP) is 2.79. The molecule has 8 heteroatoms. The number of nitrogens with zero attached hydrogens (tertiary/aromatic N) is 6. The van der Waals surface area contributed by atoms with Crippen LogP contribution in [-0.2, 0) is 0 Å². The largest absolute Gasteiger partial charge is 0.370 e. The molecule has 0 spiro atoms. The number of aromatic nitrogens is 3. The van der Waals surface area contributed by atoms with Crippen molar-refractivity contribution in [3.8, 4) is 0 Å². The molecule has 2 aromatic heterocycles. The van der Waals surface area contributed by atoms with Crippen LogP contribution in [0.1, 0.15) is 49.9 Å². The molecule has 0 aromatic carbocycles. The number of hydrogen-bond donors (Lipinski definition) is 1. The molecule has 1 unspecified atom stereocenters. The van der Waals surface area contributed by atoms with E-state index in [4.69, 9.17) is 4.98 Å². The van der Waals surface area contributed by atoms with Gasteiger partial charge in [0, 0.05) is 56.7 Å². The Kier molecular flexibility index (Phi) is 5.38. The molecule has 3 aliphatic rings. The molecule has 2 fully saturated rings. The van der Waals surface area contributed by atoms with Gasteiger partial charge in [0.2, 0.25) is 5.95 Å². The molecule has 2 aromatic rings. The lowest BCUT2D eigenvalue weighted by Crippen LogP contribution is -2.50. The summed E-state index contributed by atoms with van der Waals surface area (Å²) in [5, 5.41) is 3.20. The number of carbonyl (C=O) groups is 1. The van der Waals surface area contributed by atoms with Gasteiger partial charge in [0.1, 0.15) is 11.4 Å². The van der Waals surface area contributed by atoms with Gasteiger partial charge in [-0.15, -0.1) is 0 Å². The third kappa shape index (κ3) is 3.68. The van der Waals surface area contributed by atoms with Crippen LogP contribution < -0.4 is 15.1 Å². The fraction of sp³-hybridized carbons (Fsp3) is 0.565. The standard InChI is InChI=1S/C23H31N7O/c1-3-25-23-26-14-20-21(27-23)30-16(2)6-7-19(30)15-29(22(20)31)17-8-11-28(12-9-17)18-5-4-10-24-13-18/h4-5,10,13-14,16-17,19H,3,6-9,11-12,15H2,1-2H3,(H,25,26,27)/t16-,19?/m0/s1. The summed E-state index contributed by atoms with van der Waals surface area (Å²) in [6.07, 6.45) is 9.62. The van der Waals surface area contributed by atoms with Gasteiger partial charge in [-0.25, -0.2) is 4.98 Å². The summed E-state index contributed by atoms with van der Waals surface area (Å²) in [5.74, 6) is 1.49. The monoisotopic (exact) mass is 421 g/mol. The number of pyridine rings is 1. The van der Waals surface area contributed by atoms with Gasteiger partial charge in [-0.3, -0.25) is 9.78 Å². The van der Waals surface area contributed by atoms with Crippen molar-refractivity contribution in [2.75, 3.05) is 41.3 Å². The molecule has 164 valence electrons. The Balaban J connectivity index is 1.40. The van der Waals surface area contributed by atoms with Gasteiger partial charge >= 0.3 is 0 Å². The molecule has 5 rings (SSSR count). The first-order valence-electron chi connectivity index (χ1n) is 11.5. The minimum absolute atomic E-state index is 0.0828. The number of anilines is 3. The predicted molar refractivity (Wildman–Crippen MR) is 122 cm³/mol. The maximum Gasteiger partial charge on any atom is 0.259 e. The average Bonchev–Trinajstić information content (AvgIpc) is 3.12. The van der Waals surface area contributed by atoms with Crippen molar-refractivity contribution in [2.45, 2.75) is 57.7 Å². The highest BCUT2D eigenvalue weighted by Gasteiger charge is 2.42. The fourth-order valence-electron chi connectivity index (χ4n) is 5.35. The molecule has 1 amide bonds. The molecular weight excluding hydrogens is 390 g/mol. The summed E-state index contributed by atoms with van der Waals surface area (Å²) in [7, 11) is 0. The molecule has 3 aliphatic heterocycles. The van der Waals surface area contributed by atoms with E-state index in [1.54, 1.807) is 12.4 Å². The van der Waals surface area contributed by atoms with E-state index in [0.29, 0.717) is 23.6 Å². The molecule has 1 N–H and O–H groups in total. The van der Waals surface area contributed by atoms with Gasteiger partial charge in [0.15, 0.2) is 0 Å². The zero-order valence-electron chi connectivity index (χ0n) is 18.4. The lowest BCUT2D eigenvalue weighted by atomic mass is 10.0. The van der Waals surface area contributed by atoms with E-state index >= 15 is 0 Å². The van der Waals surface area contributed by atoms with Gasteiger partial charge in [0.05, 0.1) is 11.9 Å². The van der Waals surface area contributed by atoms with Gasteiger partial charge in [-0.1, -0.05) is 0 Å². The minimum Gasteiger partial charge on any atom is -0.370 e. The number of amides is 1. The number of piperidine rings is 1. The summed E-state index contributed by atoms with van der Waals surface area (Å²) in [4.78, 5) is 34.0. The van der Waals surface area contributed by atoms with Crippen molar-refractivity contribution in [1.82, 2.24) is 19.9 Å². The molecule has 5 heterocycles. The van der Waals surface area contributed by atoms with Crippen LogP contribution in [0.5, 0.6) is 0 Å². The van der Waals surface area contributed by atoms with Crippen molar-refractivity contribution in [3.05, 3.63) is 36.3 Å². The van der Waals surface area contributed by atoms with Crippen LogP contribution in [0.4, 0.5) is 17.5 Å². The Hall–Kier alpha value is -2.90. The summed E-state index contributed by atoms with van der Waals surface area (Å²) in [6.45, 7) is 7.68. The van der Waals surface area contributed by atoms with Gasteiger partial charge < -0.3 is 20.0 Å². The molecule has 31 heavy (non-hydrogen) atoms. The summed E-state index contributed by atoms with van der Waals surface area (Å²) >= 11 is 0. The average molecular weight is 422 g/mol. The Morgan fingerprint density at radius 3 is 2.71 bits per heavy atom. The van der Waals surface area contributed by atoms with E-state index in [9.17, 15) is 4.79 Å². The minimum atomic E-state index is 0.0828. The molecule has 0 aliphatic carbocycles. The number of nitrogens with one attached hydrogen (secondary N) is 1. The topological polar surface area (TPSA) is 77.5 Å². The number of rotatable bonds is 4. The Morgan fingerprint density at radius 1 is 1.13 bits per heavy atom. The number of fused-ring (bicyclic) bond motifs is 3. The highest BCUT2D eigenvalue weighted by atomic mass is 16.2. The second-order valence-corrected chi connectivity index (χ2v) is 8.84. The second kappa shape index (κ2) is 8.32. The normalized spacial score (nSPS) is 24.1. The zero-order chi connectivity index (χ0) is 21.4. The first-order chi connectivity index (χ1) is 15.2. The SMILES string of the molecule is CCNc1ncc2c(n1)N1C(CC[C@@H]1C)CN(C1CCN(c3cccnc3)CC1)C2=O. The van der Waals surface area contributed by atoms with E-state index in [-0.39, 0.29) is 11.9 Å². The lowest BCUT2D eigenvalue weighted by molar-refractivity contribution is 0.0645. The van der Waals surface area contributed by atoms with Crippen molar-refractivity contribution in [2.24, 2.45) is 0 Å². The Labute approximate surface area is 183 Å². The molecule has 0 saturated carbocycles. The third-order valence-corrected chi connectivity index (χ3v) is 6.95. The smallest absolute Gasteiger partial charge is 0.259 e. The van der Waals surface area contributed by atoms with Crippen molar-refractivity contribution in [3.63, 3.8) is 0 Å². The maximum absolute atomic E-state index is 13.7. The third-order valence-electron chi connectivity index (χ3n) is 6.95. The summed E-state index contributed by atoms with van der Waals surface area (Å²) in [6, 6.07) is 5.04. The molecule has 0 radical (unpaired) electrons. The first-order valence-corrected chi connectivity index (χ1v) is 11.5. The second-order valence-electron chi connectivity index (χ2n) is 8.84. The lowest BCUT2D eigenvalue weighted by Gasteiger charge is -2.40. The van der Waals surface area contributed by atoms with E-state index in [1.165, 1.54) is 0 Å². The highest BCUT2D eigenvalue weighted by Crippen LogP contribution is 2.37. The van der Waals surface area contributed by atoms with Crippen molar-refractivity contribution < 1.29 is 4.79 Å². The van der Waals surface area contributed by atoms with Crippen LogP contribution in [-0.4, -0.2) is 70.1 Å². The molecular formula is C23H31N7O. The Morgan fingerprint density at radius 2 is 1.97 bits per heavy atom. The first kappa shape index (κ1) is 20.0. The molecule has 2 saturated heterocycles. The number of carbonyl (C=O) groups excluding carboxylic acids is 1. The van der Waals surface area contributed by atoms with Crippen LogP contribution in [0.2, 0.25) is 0 Å². The van der Waals surface area contributed by atoms with E-state index in [2.05, 4.69) is 43.0 Å². The molecule has 2 atom stereocenters. The summed E-state index contributed by atoms with van der Waals surface area (Å²) in [5.41, 5.74) is 1.81. The number of hydrogen-bond acceptors (Lipinski definition) is 7. The van der Waals surface area contributed by atoms with Gasteiger partial charge in [-0.2, -0.15) is 4.98 Å². The van der Waals surface area contributed by atoms with Crippen LogP contribution in [0.3, 0.4) is 0 Å². The van der Waals surface area contributed by atoms with Crippen molar-refractivity contribution >= 4 is 23.4 Å². The summed E-state index contributed by atoms with van der Waals surface area (Å²) < 4.78 is 0. The van der Waals surface area contributed by atoms with Crippen LogP contribution in [0.15, 0.2) is 30.7 Å². The quantitative estimate of drug-likeness (QED) is 0.813. The van der Waals surface area contributed by atoms with E-state index in [0.717, 1.165) is 63.4 Å². The van der Waals surface area contributed by atoms with Crippen molar-refractivity contribution in [1.29, 1.82) is 0 Å². The molecule has 0 bridgehead atoms. The Bertz CT molecular complexity index is 929. The van der Waals surface area contributed by atoms with E-state index < -0.39 is 0 Å². The van der Waals surface area contributed by atoms with Gasteiger partial charge in [-0.05, 0) is 51.7 Å². The fourth-order valence-corrected chi connectivity index (χ4v) is 5.35. The van der Waals surface area contributed by atoms with Crippen LogP contribution >= 0.6 is 0 Å². The van der Waals surface area contributed by atoms with E-state index in [1.807, 2.05) is 19.2 Å². The highest BCUT2D eigenvalue weighted by molar-refractivity contribution is 6.00. The molecule has 8 nitrogen and oxygen atoms in total. The maximum atomic E-state index is 13.7. The van der Waals surface area contributed by atoms with Gasteiger partial charge in [0.25, 0.3) is 5.91 Å².